The highest BCUT2D eigenvalue weighted by Gasteiger charge is 2.08. The summed E-state index contributed by atoms with van der Waals surface area (Å²) >= 11 is 0. The molecule has 0 unspecified atom stereocenters. The molecule has 0 aliphatic carbocycles. The van der Waals surface area contributed by atoms with Crippen LogP contribution in [0.1, 0.15) is 24.5 Å². The second-order valence-corrected chi connectivity index (χ2v) is 6.52. The van der Waals surface area contributed by atoms with Gasteiger partial charge in [0.05, 0.1) is 0 Å². The Hall–Kier alpha value is -3.41. The van der Waals surface area contributed by atoms with Crippen LogP contribution in [-0.4, -0.2) is 16.8 Å². The highest BCUT2D eigenvalue weighted by atomic mass is 16.2. The molecule has 1 aromatic heterocycles. The standard InChI is InChI=1S/C21H21N3O3/c1-13-3-4-15-12-16(21(27)24-19(15)11-13)5-10-20(26)23-18-8-6-17(7-9-18)22-14(2)25/h3-4,6-9,11-12H,5,10H2,1-2H3,(H,22,25)(H,23,26)(H,24,27). The van der Waals surface area contributed by atoms with Gasteiger partial charge in [-0.1, -0.05) is 12.1 Å². The molecule has 0 aliphatic rings. The van der Waals surface area contributed by atoms with Crippen LogP contribution in [0.15, 0.2) is 53.3 Å². The first-order valence-corrected chi connectivity index (χ1v) is 8.71. The van der Waals surface area contributed by atoms with Crippen molar-refractivity contribution in [2.24, 2.45) is 0 Å². The zero-order valence-electron chi connectivity index (χ0n) is 15.3. The summed E-state index contributed by atoms with van der Waals surface area (Å²) in [6.07, 6.45) is 0.558. The van der Waals surface area contributed by atoms with E-state index in [0.717, 1.165) is 16.5 Å². The van der Waals surface area contributed by atoms with E-state index in [4.69, 9.17) is 0 Å². The number of aromatic amines is 1. The summed E-state index contributed by atoms with van der Waals surface area (Å²) < 4.78 is 0. The van der Waals surface area contributed by atoms with E-state index >= 15 is 0 Å². The van der Waals surface area contributed by atoms with E-state index in [-0.39, 0.29) is 23.8 Å². The van der Waals surface area contributed by atoms with Crippen LogP contribution in [0.4, 0.5) is 11.4 Å². The van der Waals surface area contributed by atoms with Crippen molar-refractivity contribution >= 4 is 34.1 Å². The van der Waals surface area contributed by atoms with Crippen LogP contribution in [0.25, 0.3) is 10.9 Å². The fourth-order valence-corrected chi connectivity index (χ4v) is 2.86. The molecule has 3 rings (SSSR count). The Morgan fingerprint density at radius 3 is 2.30 bits per heavy atom. The molecule has 0 radical (unpaired) electrons. The van der Waals surface area contributed by atoms with Gasteiger partial charge in [0.25, 0.3) is 5.56 Å². The first-order valence-electron chi connectivity index (χ1n) is 8.71. The van der Waals surface area contributed by atoms with Gasteiger partial charge in [-0.25, -0.2) is 0 Å². The quantitative estimate of drug-likeness (QED) is 0.649. The fraction of sp³-hybridized carbons (Fsp3) is 0.190. The number of amides is 2. The number of rotatable bonds is 5. The summed E-state index contributed by atoms with van der Waals surface area (Å²) in [5.41, 5.74) is 3.60. The molecular weight excluding hydrogens is 342 g/mol. The highest BCUT2D eigenvalue weighted by molar-refractivity contribution is 5.92. The number of aryl methyl sites for hydroxylation is 2. The maximum atomic E-state index is 12.2. The van der Waals surface area contributed by atoms with Gasteiger partial charge in [0, 0.05) is 35.8 Å². The maximum Gasteiger partial charge on any atom is 0.251 e. The first-order chi connectivity index (χ1) is 12.9. The van der Waals surface area contributed by atoms with Gasteiger partial charge in [-0.3, -0.25) is 14.4 Å². The smallest absolute Gasteiger partial charge is 0.251 e. The Bertz CT molecular complexity index is 1050. The molecule has 0 saturated carbocycles. The average Bonchev–Trinajstić information content (AvgIpc) is 2.61. The zero-order chi connectivity index (χ0) is 19.4. The van der Waals surface area contributed by atoms with Gasteiger partial charge in [0.1, 0.15) is 0 Å². The van der Waals surface area contributed by atoms with Crippen LogP contribution in [0.2, 0.25) is 0 Å². The van der Waals surface area contributed by atoms with E-state index in [2.05, 4.69) is 15.6 Å². The van der Waals surface area contributed by atoms with E-state index in [1.165, 1.54) is 6.92 Å². The number of hydrogen-bond acceptors (Lipinski definition) is 3. The molecule has 0 aliphatic heterocycles. The van der Waals surface area contributed by atoms with Crippen LogP contribution < -0.4 is 16.2 Å². The molecule has 0 atom stereocenters. The number of benzene rings is 2. The molecule has 0 fully saturated rings. The van der Waals surface area contributed by atoms with Crippen LogP contribution >= 0.6 is 0 Å². The minimum atomic E-state index is -0.175. The molecule has 6 heteroatoms. The van der Waals surface area contributed by atoms with Gasteiger partial charge in [0.2, 0.25) is 11.8 Å². The Morgan fingerprint density at radius 2 is 1.63 bits per heavy atom. The van der Waals surface area contributed by atoms with Gasteiger partial charge < -0.3 is 15.6 Å². The van der Waals surface area contributed by atoms with Crippen LogP contribution in [0.5, 0.6) is 0 Å². The molecule has 27 heavy (non-hydrogen) atoms. The van der Waals surface area contributed by atoms with E-state index in [1.54, 1.807) is 24.3 Å². The van der Waals surface area contributed by atoms with Gasteiger partial charge in [-0.05, 0) is 60.7 Å². The Balaban J connectivity index is 1.63. The van der Waals surface area contributed by atoms with Crippen LogP contribution in [0, 0.1) is 6.92 Å². The fourth-order valence-electron chi connectivity index (χ4n) is 2.86. The summed E-state index contributed by atoms with van der Waals surface area (Å²) in [5.74, 6) is -0.326. The van der Waals surface area contributed by atoms with Gasteiger partial charge in [-0.2, -0.15) is 0 Å². The van der Waals surface area contributed by atoms with Crippen molar-refractivity contribution in [2.75, 3.05) is 10.6 Å². The molecule has 3 aromatic rings. The number of pyridine rings is 1. The molecule has 0 saturated heterocycles. The van der Waals surface area contributed by atoms with Gasteiger partial charge >= 0.3 is 0 Å². The Morgan fingerprint density at radius 1 is 0.963 bits per heavy atom. The summed E-state index contributed by atoms with van der Waals surface area (Å²) in [6.45, 7) is 3.41. The number of carbonyl (C=O) groups excluding carboxylic acids is 2. The van der Waals surface area contributed by atoms with Crippen molar-refractivity contribution in [1.82, 2.24) is 4.98 Å². The predicted octanol–water partition coefficient (Wildman–Crippen LogP) is 3.37. The normalized spacial score (nSPS) is 10.6. The van der Waals surface area contributed by atoms with Crippen molar-refractivity contribution in [1.29, 1.82) is 0 Å². The third-order valence-corrected chi connectivity index (χ3v) is 4.19. The van der Waals surface area contributed by atoms with Crippen molar-refractivity contribution in [2.45, 2.75) is 26.7 Å². The number of aromatic nitrogens is 1. The van der Waals surface area contributed by atoms with E-state index in [9.17, 15) is 14.4 Å². The van der Waals surface area contributed by atoms with Crippen molar-refractivity contribution < 1.29 is 9.59 Å². The monoisotopic (exact) mass is 363 g/mol. The third-order valence-electron chi connectivity index (χ3n) is 4.19. The lowest BCUT2D eigenvalue weighted by atomic mass is 10.1. The Labute approximate surface area is 156 Å². The first kappa shape index (κ1) is 18.4. The summed E-state index contributed by atoms with van der Waals surface area (Å²) in [4.78, 5) is 38.3. The second kappa shape index (κ2) is 7.86. The third kappa shape index (κ3) is 4.82. The molecule has 0 spiro atoms. The number of anilines is 2. The lowest BCUT2D eigenvalue weighted by molar-refractivity contribution is -0.116. The minimum absolute atomic E-state index is 0.150. The number of fused-ring (bicyclic) bond motifs is 1. The number of carbonyl (C=O) groups is 2. The molecule has 0 bridgehead atoms. The molecule has 6 nitrogen and oxygen atoms in total. The maximum absolute atomic E-state index is 12.2. The van der Waals surface area contributed by atoms with E-state index < -0.39 is 0 Å². The molecule has 2 aromatic carbocycles. The average molecular weight is 363 g/mol. The summed E-state index contributed by atoms with van der Waals surface area (Å²) in [5, 5.41) is 6.41. The Kier molecular flexibility index (Phi) is 5.35. The van der Waals surface area contributed by atoms with Crippen molar-refractivity contribution in [3.8, 4) is 0 Å². The van der Waals surface area contributed by atoms with Crippen molar-refractivity contribution in [3.63, 3.8) is 0 Å². The SMILES string of the molecule is CC(=O)Nc1ccc(NC(=O)CCc2cc3ccc(C)cc3[nH]c2=O)cc1. The van der Waals surface area contributed by atoms with E-state index in [1.807, 2.05) is 31.2 Å². The summed E-state index contributed by atoms with van der Waals surface area (Å²) in [6, 6.07) is 14.6. The summed E-state index contributed by atoms with van der Waals surface area (Å²) in [7, 11) is 0. The predicted molar refractivity (Wildman–Crippen MR) is 107 cm³/mol. The van der Waals surface area contributed by atoms with Gasteiger partial charge in [-0.15, -0.1) is 0 Å². The lowest BCUT2D eigenvalue weighted by Gasteiger charge is -2.07. The largest absolute Gasteiger partial charge is 0.326 e. The van der Waals surface area contributed by atoms with E-state index in [0.29, 0.717) is 23.4 Å². The van der Waals surface area contributed by atoms with Crippen LogP contribution in [-0.2, 0) is 16.0 Å². The molecule has 138 valence electrons. The minimum Gasteiger partial charge on any atom is -0.326 e. The van der Waals surface area contributed by atoms with Gasteiger partial charge in [0.15, 0.2) is 0 Å². The lowest BCUT2D eigenvalue weighted by Crippen LogP contribution is -2.17. The molecular formula is C21H21N3O3. The molecule has 3 N–H and O–H groups in total. The molecule has 1 heterocycles. The highest BCUT2D eigenvalue weighted by Crippen LogP contribution is 2.15. The van der Waals surface area contributed by atoms with Crippen molar-refractivity contribution in [3.05, 3.63) is 70.0 Å². The van der Waals surface area contributed by atoms with Crippen LogP contribution in [0.3, 0.4) is 0 Å². The number of hydrogen-bond donors (Lipinski definition) is 3. The topological polar surface area (TPSA) is 91.1 Å². The number of H-pyrrole nitrogens is 1. The number of nitrogens with one attached hydrogen (secondary N) is 3. The zero-order valence-corrected chi connectivity index (χ0v) is 15.3. The second-order valence-electron chi connectivity index (χ2n) is 6.52. The molecule has 2 amide bonds.